The first-order chi connectivity index (χ1) is 15.5. The summed E-state index contributed by atoms with van der Waals surface area (Å²) < 4.78 is 29.3. The Labute approximate surface area is 201 Å². The Morgan fingerprint density at radius 3 is 2.27 bits per heavy atom. The molecule has 0 aliphatic heterocycles. The zero-order chi connectivity index (χ0) is 22.5. The molecule has 5 rings (SSSR count). The number of aromatic carboxylic acids is 1. The fourth-order valence-corrected chi connectivity index (χ4v) is 3.14. The van der Waals surface area contributed by atoms with Crippen molar-refractivity contribution in [3.63, 3.8) is 0 Å². The van der Waals surface area contributed by atoms with Crippen molar-refractivity contribution in [3.05, 3.63) is 115 Å². The number of hydrogen-bond donors (Lipinski definition) is 1. The number of rotatable bonds is 3. The van der Waals surface area contributed by atoms with Crippen LogP contribution in [0.15, 0.2) is 91.1 Å². The van der Waals surface area contributed by atoms with Gasteiger partial charge < -0.3 is 9.67 Å². The third-order valence-corrected chi connectivity index (χ3v) is 4.54. The minimum absolute atomic E-state index is 0. The largest absolute Gasteiger partial charge is 0.477 e. The van der Waals surface area contributed by atoms with Crippen molar-refractivity contribution in [1.29, 1.82) is 0 Å². The molecule has 33 heavy (non-hydrogen) atoms. The van der Waals surface area contributed by atoms with Crippen molar-refractivity contribution in [1.82, 2.24) is 14.5 Å². The van der Waals surface area contributed by atoms with Gasteiger partial charge in [-0.25, -0.2) is 9.78 Å². The summed E-state index contributed by atoms with van der Waals surface area (Å²) in [5, 5.41) is 8.32. The molecule has 0 amide bonds. The normalized spacial score (nSPS) is 10.1. The molecule has 0 aliphatic carbocycles. The number of pyridine rings is 1. The molecule has 2 heterocycles. The minimum atomic E-state index is -0.990. The molecule has 167 valence electrons. The molecule has 2 aromatic heterocycles. The molecule has 0 fully saturated rings. The summed E-state index contributed by atoms with van der Waals surface area (Å²) in [6.07, 6.45) is 1.45. The van der Waals surface area contributed by atoms with Gasteiger partial charge in [-0.2, -0.15) is 0 Å². The summed E-state index contributed by atoms with van der Waals surface area (Å²) >= 11 is 0. The van der Waals surface area contributed by atoms with E-state index in [9.17, 15) is 13.6 Å². The van der Waals surface area contributed by atoms with Gasteiger partial charge in [0.2, 0.25) is 0 Å². The first-order valence-electron chi connectivity index (χ1n) is 9.59. The van der Waals surface area contributed by atoms with E-state index < -0.39 is 17.6 Å². The molecule has 0 unspecified atom stereocenters. The number of carboxylic acid groups (broad SMARTS) is 1. The first kappa shape index (κ1) is 23.9. The summed E-state index contributed by atoms with van der Waals surface area (Å²) in [4.78, 5) is 18.2. The number of fused-ring (bicyclic) bond motifs is 1. The van der Waals surface area contributed by atoms with Gasteiger partial charge in [0.15, 0.2) is 0 Å². The van der Waals surface area contributed by atoms with Gasteiger partial charge in [0.25, 0.3) is 0 Å². The molecule has 8 heteroatoms. The van der Waals surface area contributed by atoms with Gasteiger partial charge in [-0.05, 0) is 36.4 Å². The quantitative estimate of drug-likeness (QED) is 0.269. The Morgan fingerprint density at radius 1 is 0.939 bits per heavy atom. The monoisotopic (exact) mass is 621 g/mol. The van der Waals surface area contributed by atoms with Crippen molar-refractivity contribution in [2.75, 3.05) is 0 Å². The molecule has 5 aromatic rings. The van der Waals surface area contributed by atoms with Crippen LogP contribution >= 0.6 is 0 Å². The number of nitrogens with zero attached hydrogens (tertiary/aromatic N) is 3. The van der Waals surface area contributed by atoms with Gasteiger partial charge >= 0.3 is 5.97 Å². The van der Waals surface area contributed by atoms with Crippen LogP contribution in [0.4, 0.5) is 8.78 Å². The molecule has 0 saturated heterocycles. The molecular formula is C25H16F2IrN3O2-. The first-order valence-corrected chi connectivity index (χ1v) is 9.59. The Kier molecular flexibility index (Phi) is 7.77. The van der Waals surface area contributed by atoms with E-state index in [1.807, 2.05) is 59.2 Å². The zero-order valence-electron chi connectivity index (χ0n) is 16.9. The van der Waals surface area contributed by atoms with Crippen LogP contribution in [0.1, 0.15) is 10.5 Å². The van der Waals surface area contributed by atoms with Gasteiger partial charge in [0.1, 0.15) is 5.69 Å². The van der Waals surface area contributed by atoms with E-state index in [-0.39, 0.29) is 31.4 Å². The second-order valence-corrected chi connectivity index (χ2v) is 6.66. The van der Waals surface area contributed by atoms with E-state index in [4.69, 9.17) is 5.11 Å². The van der Waals surface area contributed by atoms with E-state index >= 15 is 0 Å². The van der Waals surface area contributed by atoms with Gasteiger partial charge in [0, 0.05) is 43.6 Å². The van der Waals surface area contributed by atoms with E-state index in [0.717, 1.165) is 28.9 Å². The smallest absolute Gasteiger partial charge is 0.354 e. The van der Waals surface area contributed by atoms with Crippen molar-refractivity contribution in [3.8, 4) is 17.1 Å². The molecule has 0 bridgehead atoms. The molecule has 0 spiro atoms. The van der Waals surface area contributed by atoms with Crippen molar-refractivity contribution >= 4 is 17.0 Å². The van der Waals surface area contributed by atoms with Crippen LogP contribution in [-0.4, -0.2) is 25.6 Å². The summed E-state index contributed by atoms with van der Waals surface area (Å²) in [5.74, 6) is -1.93. The Balaban J connectivity index is 0.000000260. The number of halogens is 2. The zero-order valence-corrected chi connectivity index (χ0v) is 19.3. The van der Waals surface area contributed by atoms with Crippen molar-refractivity contribution in [2.24, 2.45) is 0 Å². The number of imidazole rings is 1. The molecule has 1 N–H and O–H groups in total. The molecular weight excluding hydrogens is 605 g/mol. The Bertz CT molecular complexity index is 1380. The molecule has 3 aromatic carbocycles. The van der Waals surface area contributed by atoms with Gasteiger partial charge in [-0.15, -0.1) is 12.1 Å². The van der Waals surface area contributed by atoms with E-state index in [1.54, 1.807) is 12.1 Å². The van der Waals surface area contributed by atoms with E-state index in [0.29, 0.717) is 5.82 Å². The summed E-state index contributed by atoms with van der Waals surface area (Å²) in [6, 6.07) is 26.5. The number of benzene rings is 3. The molecule has 0 aliphatic rings. The third-order valence-electron chi connectivity index (χ3n) is 4.54. The second kappa shape index (κ2) is 10.7. The second-order valence-electron chi connectivity index (χ2n) is 6.66. The Morgan fingerprint density at radius 2 is 1.64 bits per heavy atom. The minimum Gasteiger partial charge on any atom is -0.477 e. The van der Waals surface area contributed by atoms with Crippen LogP contribution in [0, 0.1) is 17.7 Å². The maximum atomic E-state index is 14.2. The molecule has 0 atom stereocenters. The average molecular weight is 621 g/mol. The molecule has 1 radical (unpaired) electrons. The standard InChI is InChI=1S/C19H11F2N2.C6H5NO2.Ir/c20-13-10-11-15(16(21)12-13)19-22-17-8-4-5-9-18(17)23(19)14-6-2-1-3-7-14;8-6(9)5-3-1-2-4-7-5;/h1-10,12H;1-4H,(H,8,9);/q-1;;. The summed E-state index contributed by atoms with van der Waals surface area (Å²) in [7, 11) is 0. The fourth-order valence-electron chi connectivity index (χ4n) is 3.14. The summed E-state index contributed by atoms with van der Waals surface area (Å²) in [5.41, 5.74) is 2.67. The number of para-hydroxylation sites is 3. The van der Waals surface area contributed by atoms with Gasteiger partial charge in [0.05, 0.1) is 16.9 Å². The van der Waals surface area contributed by atoms with Crippen LogP contribution in [0.2, 0.25) is 0 Å². The van der Waals surface area contributed by atoms with Gasteiger partial charge in [-0.1, -0.05) is 48.0 Å². The van der Waals surface area contributed by atoms with Crippen LogP contribution in [0.5, 0.6) is 0 Å². The van der Waals surface area contributed by atoms with Crippen molar-refractivity contribution in [2.45, 2.75) is 0 Å². The van der Waals surface area contributed by atoms with Gasteiger partial charge in [-0.3, -0.25) is 13.8 Å². The van der Waals surface area contributed by atoms with Crippen LogP contribution in [0.25, 0.3) is 28.1 Å². The SMILES string of the molecule is Fc1c[c-]c(-c2nc3ccccc3n2-c2ccccc2)c(F)c1.O=C(O)c1ccccn1.[Ir]. The maximum Gasteiger partial charge on any atom is 0.354 e. The Hall–Kier alpha value is -3.74. The predicted octanol–water partition coefficient (Wildman–Crippen LogP) is 5.55. The molecule has 0 saturated carbocycles. The van der Waals surface area contributed by atoms with Crippen LogP contribution < -0.4 is 0 Å². The number of hydrogen-bond acceptors (Lipinski definition) is 3. The molecule has 5 nitrogen and oxygen atoms in total. The van der Waals surface area contributed by atoms with Crippen molar-refractivity contribution < 1.29 is 38.8 Å². The van der Waals surface area contributed by atoms with Crippen LogP contribution in [-0.2, 0) is 20.1 Å². The van der Waals surface area contributed by atoms with E-state index in [2.05, 4.69) is 16.0 Å². The third kappa shape index (κ3) is 5.37. The summed E-state index contributed by atoms with van der Waals surface area (Å²) in [6.45, 7) is 0. The van der Waals surface area contributed by atoms with Crippen LogP contribution in [0.3, 0.4) is 0 Å². The number of aromatic nitrogens is 3. The number of carboxylic acids is 1. The predicted molar refractivity (Wildman–Crippen MR) is 116 cm³/mol. The average Bonchev–Trinajstić information content (AvgIpc) is 3.20. The maximum absolute atomic E-state index is 14.2. The fraction of sp³-hybridized carbons (Fsp3) is 0. The number of carbonyl (C=O) groups is 1. The topological polar surface area (TPSA) is 68.0 Å². The van der Waals surface area contributed by atoms with E-state index in [1.165, 1.54) is 12.3 Å².